The number of rotatable bonds is 1. The molecule has 0 bridgehead atoms. The van der Waals surface area contributed by atoms with Crippen molar-refractivity contribution in [1.82, 2.24) is 9.55 Å². The molecule has 0 aromatic carbocycles. The fraction of sp³-hybridized carbons (Fsp3) is 0.600. The van der Waals surface area contributed by atoms with E-state index in [-0.39, 0.29) is 0 Å². The number of H-pyrrole nitrogens is 1. The molecule has 1 aliphatic carbocycles. The summed E-state index contributed by atoms with van der Waals surface area (Å²) >= 11 is 0. The minimum Gasteiger partial charge on any atom is -0.384 e. The van der Waals surface area contributed by atoms with E-state index in [0.717, 1.165) is 23.8 Å². The molecule has 0 amide bonds. The van der Waals surface area contributed by atoms with Gasteiger partial charge in [0.1, 0.15) is 5.60 Å². The molecule has 1 saturated carbocycles. The SMILES string of the molecule is CC1(O)C(n2ccc(=O)[nH]c2=O)OC2(F)C(O)C12O. The fourth-order valence-electron chi connectivity index (χ4n) is 2.56. The standard InChI is InChI=1S/C10H11FN2O6/c1-8(17)6(13-3-2-4(14)12-7(13)16)19-10(11)5(15)9(8,10)18/h2-3,5-6,15,17-18H,1H3,(H,12,14,16). The Balaban J connectivity index is 2.10. The molecule has 8 nitrogen and oxygen atoms in total. The maximum Gasteiger partial charge on any atom is 0.330 e. The van der Waals surface area contributed by atoms with Gasteiger partial charge in [0.15, 0.2) is 17.9 Å². The molecule has 2 heterocycles. The average Bonchev–Trinajstić information content (AvgIpc) is 2.67. The van der Waals surface area contributed by atoms with E-state index in [0.29, 0.717) is 0 Å². The highest BCUT2D eigenvalue weighted by Crippen LogP contribution is 2.67. The molecule has 5 atom stereocenters. The zero-order valence-corrected chi connectivity index (χ0v) is 9.70. The first-order valence-corrected chi connectivity index (χ1v) is 5.47. The number of halogens is 1. The van der Waals surface area contributed by atoms with Gasteiger partial charge in [-0.2, -0.15) is 0 Å². The van der Waals surface area contributed by atoms with E-state index in [1.54, 1.807) is 0 Å². The quantitative estimate of drug-likeness (QED) is 0.452. The number of aromatic amines is 1. The van der Waals surface area contributed by atoms with Crippen molar-refractivity contribution < 1.29 is 24.4 Å². The van der Waals surface area contributed by atoms with Gasteiger partial charge in [-0.1, -0.05) is 0 Å². The van der Waals surface area contributed by atoms with E-state index in [1.165, 1.54) is 0 Å². The Labute approximate surface area is 104 Å². The molecule has 19 heavy (non-hydrogen) atoms. The number of hydrogen-bond donors (Lipinski definition) is 4. The van der Waals surface area contributed by atoms with Gasteiger partial charge in [-0.05, 0) is 6.92 Å². The maximum atomic E-state index is 14.0. The Kier molecular flexibility index (Phi) is 2.05. The van der Waals surface area contributed by atoms with Crippen molar-refractivity contribution in [2.24, 2.45) is 0 Å². The summed E-state index contributed by atoms with van der Waals surface area (Å²) in [6.45, 7) is 1.03. The van der Waals surface area contributed by atoms with Gasteiger partial charge >= 0.3 is 5.69 Å². The number of hydrogen-bond acceptors (Lipinski definition) is 6. The van der Waals surface area contributed by atoms with Crippen molar-refractivity contribution in [2.45, 2.75) is 36.3 Å². The van der Waals surface area contributed by atoms with Gasteiger partial charge in [0, 0.05) is 12.3 Å². The third-order valence-corrected chi connectivity index (χ3v) is 3.82. The van der Waals surface area contributed by atoms with E-state index in [2.05, 4.69) is 0 Å². The molecule has 1 saturated heterocycles. The van der Waals surface area contributed by atoms with Crippen molar-refractivity contribution in [3.8, 4) is 0 Å². The van der Waals surface area contributed by atoms with Crippen LogP contribution in [-0.2, 0) is 4.74 Å². The molecule has 2 aliphatic rings. The number of aromatic nitrogens is 2. The van der Waals surface area contributed by atoms with Gasteiger partial charge in [-0.25, -0.2) is 9.18 Å². The van der Waals surface area contributed by atoms with Crippen LogP contribution in [0.25, 0.3) is 0 Å². The molecular weight excluding hydrogens is 263 g/mol. The third-order valence-electron chi connectivity index (χ3n) is 3.82. The van der Waals surface area contributed by atoms with E-state index >= 15 is 0 Å². The molecule has 0 spiro atoms. The van der Waals surface area contributed by atoms with Crippen LogP contribution in [0.1, 0.15) is 13.2 Å². The minimum atomic E-state index is -2.84. The van der Waals surface area contributed by atoms with E-state index in [4.69, 9.17) is 4.74 Å². The van der Waals surface area contributed by atoms with Crippen LogP contribution in [-0.4, -0.2) is 48.0 Å². The van der Waals surface area contributed by atoms with Crippen molar-refractivity contribution in [3.05, 3.63) is 33.1 Å². The largest absolute Gasteiger partial charge is 0.384 e. The van der Waals surface area contributed by atoms with Crippen molar-refractivity contribution in [3.63, 3.8) is 0 Å². The van der Waals surface area contributed by atoms with E-state index < -0.39 is 40.6 Å². The van der Waals surface area contributed by atoms with Crippen LogP contribution in [0.15, 0.2) is 21.9 Å². The number of nitrogens with zero attached hydrogens (tertiary/aromatic N) is 1. The van der Waals surface area contributed by atoms with E-state index in [9.17, 15) is 29.3 Å². The number of fused-ring (bicyclic) bond motifs is 1. The van der Waals surface area contributed by atoms with Crippen LogP contribution in [0.5, 0.6) is 0 Å². The summed E-state index contributed by atoms with van der Waals surface area (Å²) in [5.41, 5.74) is -6.36. The Hall–Kier alpha value is -1.55. The lowest BCUT2D eigenvalue weighted by molar-refractivity contribution is -0.183. The van der Waals surface area contributed by atoms with Gasteiger partial charge in [-0.3, -0.25) is 14.3 Å². The zero-order valence-electron chi connectivity index (χ0n) is 9.70. The number of aliphatic hydroxyl groups excluding tert-OH is 1. The predicted molar refractivity (Wildman–Crippen MR) is 56.9 cm³/mol. The predicted octanol–water partition coefficient (Wildman–Crippen LogP) is -2.41. The smallest absolute Gasteiger partial charge is 0.330 e. The molecule has 1 aromatic rings. The molecule has 9 heteroatoms. The molecule has 2 fully saturated rings. The first-order chi connectivity index (χ1) is 8.66. The summed E-state index contributed by atoms with van der Waals surface area (Å²) in [5.74, 6) is -2.84. The molecule has 1 aliphatic heterocycles. The molecule has 5 unspecified atom stereocenters. The number of alkyl halides is 1. The summed E-state index contributed by atoms with van der Waals surface area (Å²) in [7, 11) is 0. The van der Waals surface area contributed by atoms with Gasteiger partial charge in [0.2, 0.25) is 0 Å². The van der Waals surface area contributed by atoms with Crippen LogP contribution in [0.3, 0.4) is 0 Å². The van der Waals surface area contributed by atoms with Crippen LogP contribution < -0.4 is 11.2 Å². The lowest BCUT2D eigenvalue weighted by Gasteiger charge is -2.31. The monoisotopic (exact) mass is 274 g/mol. The highest BCUT2D eigenvalue weighted by molar-refractivity contribution is 5.34. The molecule has 104 valence electrons. The second-order valence-electron chi connectivity index (χ2n) is 4.95. The molecular formula is C10H11FN2O6. The first kappa shape index (κ1) is 12.5. The van der Waals surface area contributed by atoms with Gasteiger partial charge < -0.3 is 20.1 Å². The Bertz CT molecular complexity index is 668. The molecule has 4 N–H and O–H groups in total. The molecule has 1 aromatic heterocycles. The van der Waals surface area contributed by atoms with Crippen molar-refractivity contribution in [2.75, 3.05) is 0 Å². The zero-order chi connectivity index (χ0) is 14.2. The summed E-state index contributed by atoms with van der Waals surface area (Å²) in [4.78, 5) is 24.4. The highest BCUT2D eigenvalue weighted by Gasteiger charge is 2.93. The first-order valence-electron chi connectivity index (χ1n) is 5.47. The minimum absolute atomic E-state index is 0.669. The highest BCUT2D eigenvalue weighted by atomic mass is 19.2. The Morgan fingerprint density at radius 2 is 2.11 bits per heavy atom. The summed E-state index contributed by atoms with van der Waals surface area (Å²) in [6.07, 6.45) is -2.47. The average molecular weight is 274 g/mol. The Morgan fingerprint density at radius 1 is 1.47 bits per heavy atom. The van der Waals surface area contributed by atoms with Crippen LogP contribution in [0.2, 0.25) is 0 Å². The van der Waals surface area contributed by atoms with Crippen LogP contribution in [0, 0.1) is 0 Å². The van der Waals surface area contributed by atoms with Gasteiger partial charge in [0.05, 0.1) is 0 Å². The summed E-state index contributed by atoms with van der Waals surface area (Å²) < 4.78 is 19.6. The lowest BCUT2D eigenvalue weighted by Crippen LogP contribution is -2.51. The van der Waals surface area contributed by atoms with Gasteiger partial charge in [-0.15, -0.1) is 0 Å². The maximum absolute atomic E-state index is 14.0. The van der Waals surface area contributed by atoms with E-state index in [1.807, 2.05) is 4.98 Å². The normalized spacial score (nSPS) is 48.1. The lowest BCUT2D eigenvalue weighted by atomic mass is 9.95. The van der Waals surface area contributed by atoms with Crippen LogP contribution in [0.4, 0.5) is 4.39 Å². The van der Waals surface area contributed by atoms with Crippen molar-refractivity contribution in [1.29, 1.82) is 0 Å². The summed E-state index contributed by atoms with van der Waals surface area (Å²) in [5, 5.41) is 29.4. The summed E-state index contributed by atoms with van der Waals surface area (Å²) in [6, 6.07) is 0.982. The molecule has 0 radical (unpaired) electrons. The molecule has 3 rings (SSSR count). The number of ether oxygens (including phenoxy) is 1. The number of nitrogens with one attached hydrogen (secondary N) is 1. The second-order valence-corrected chi connectivity index (χ2v) is 4.95. The third kappa shape index (κ3) is 1.16. The second kappa shape index (κ2) is 3.12. The topological polar surface area (TPSA) is 125 Å². The van der Waals surface area contributed by atoms with Crippen LogP contribution >= 0.6 is 0 Å². The van der Waals surface area contributed by atoms with Gasteiger partial charge in [0.25, 0.3) is 11.4 Å². The number of aliphatic hydroxyl groups is 3. The Morgan fingerprint density at radius 3 is 2.58 bits per heavy atom. The fourth-order valence-corrected chi connectivity index (χ4v) is 2.56. The van der Waals surface area contributed by atoms with Crippen molar-refractivity contribution >= 4 is 0 Å².